The van der Waals surface area contributed by atoms with Crippen LogP contribution in [0.3, 0.4) is 0 Å². The first-order valence-corrected chi connectivity index (χ1v) is 5.68. The summed E-state index contributed by atoms with van der Waals surface area (Å²) in [5.74, 6) is 0.902. The lowest BCUT2D eigenvalue weighted by Gasteiger charge is -2.31. The maximum Gasteiger partial charge on any atom is 0.0126 e. The number of nitrogens with zero attached hydrogens (tertiary/aromatic N) is 1. The Morgan fingerprint density at radius 2 is 1.92 bits per heavy atom. The van der Waals surface area contributed by atoms with Gasteiger partial charge in [0, 0.05) is 6.04 Å². The molecule has 0 aromatic heterocycles. The van der Waals surface area contributed by atoms with E-state index in [4.69, 9.17) is 0 Å². The first kappa shape index (κ1) is 11.0. The molecule has 1 saturated heterocycles. The highest BCUT2D eigenvalue weighted by molar-refractivity contribution is 4.86. The summed E-state index contributed by atoms with van der Waals surface area (Å²) in [5.41, 5.74) is 0.483. The Labute approximate surface area is 83.5 Å². The van der Waals surface area contributed by atoms with Gasteiger partial charge in [-0.1, -0.05) is 34.6 Å². The summed E-state index contributed by atoms with van der Waals surface area (Å²) in [6.45, 7) is 14.3. The van der Waals surface area contributed by atoms with Crippen LogP contribution in [0.5, 0.6) is 0 Å². The van der Waals surface area contributed by atoms with Gasteiger partial charge in [-0.3, -0.25) is 0 Å². The first-order valence-electron chi connectivity index (χ1n) is 5.68. The fourth-order valence-corrected chi connectivity index (χ4v) is 2.44. The predicted octanol–water partition coefficient (Wildman–Crippen LogP) is 3.15. The molecular weight excluding hydrogens is 158 g/mol. The Kier molecular flexibility index (Phi) is 3.39. The van der Waals surface area contributed by atoms with Crippen molar-refractivity contribution in [2.24, 2.45) is 11.3 Å². The zero-order valence-corrected chi connectivity index (χ0v) is 9.93. The minimum absolute atomic E-state index is 0.483. The molecule has 13 heavy (non-hydrogen) atoms. The van der Waals surface area contributed by atoms with Crippen molar-refractivity contribution < 1.29 is 0 Å². The summed E-state index contributed by atoms with van der Waals surface area (Å²) in [6, 6.07) is 0.838. The SMILES string of the molecule is CCN1CC[C@H](C)[C@H]1CC(C)(C)C. The van der Waals surface area contributed by atoms with Crippen molar-refractivity contribution >= 4 is 0 Å². The zero-order valence-electron chi connectivity index (χ0n) is 9.93. The van der Waals surface area contributed by atoms with Crippen molar-refractivity contribution in [3.05, 3.63) is 0 Å². The van der Waals surface area contributed by atoms with Crippen molar-refractivity contribution in [1.82, 2.24) is 4.90 Å². The van der Waals surface area contributed by atoms with Crippen LogP contribution >= 0.6 is 0 Å². The van der Waals surface area contributed by atoms with Crippen LogP contribution in [0, 0.1) is 11.3 Å². The van der Waals surface area contributed by atoms with Crippen LogP contribution in [0.4, 0.5) is 0 Å². The summed E-state index contributed by atoms with van der Waals surface area (Å²) < 4.78 is 0. The molecule has 1 heterocycles. The van der Waals surface area contributed by atoms with Gasteiger partial charge in [-0.05, 0) is 37.3 Å². The average Bonchev–Trinajstić information content (AvgIpc) is 2.30. The molecule has 0 unspecified atom stereocenters. The summed E-state index contributed by atoms with van der Waals surface area (Å²) in [7, 11) is 0. The highest BCUT2D eigenvalue weighted by Crippen LogP contribution is 2.32. The Hall–Kier alpha value is -0.0400. The summed E-state index contributed by atoms with van der Waals surface area (Å²) in [4.78, 5) is 2.65. The molecule has 1 aliphatic rings. The predicted molar refractivity (Wildman–Crippen MR) is 58.9 cm³/mol. The van der Waals surface area contributed by atoms with Crippen LogP contribution in [0.1, 0.15) is 47.5 Å². The van der Waals surface area contributed by atoms with E-state index >= 15 is 0 Å². The molecule has 0 N–H and O–H groups in total. The lowest BCUT2D eigenvalue weighted by atomic mass is 9.84. The lowest BCUT2D eigenvalue weighted by Crippen LogP contribution is -2.35. The van der Waals surface area contributed by atoms with E-state index < -0.39 is 0 Å². The number of likely N-dealkylation sites (tertiary alicyclic amines) is 1. The second-order valence-electron chi connectivity index (χ2n) is 5.73. The summed E-state index contributed by atoms with van der Waals surface area (Å²) in [5, 5.41) is 0. The number of hydrogen-bond acceptors (Lipinski definition) is 1. The van der Waals surface area contributed by atoms with Crippen molar-refractivity contribution in [3.63, 3.8) is 0 Å². The van der Waals surface area contributed by atoms with Crippen LogP contribution in [0.15, 0.2) is 0 Å². The van der Waals surface area contributed by atoms with E-state index in [0.717, 1.165) is 12.0 Å². The van der Waals surface area contributed by atoms with E-state index in [0.29, 0.717) is 5.41 Å². The third kappa shape index (κ3) is 2.98. The Balaban J connectivity index is 2.54. The normalized spacial score (nSPS) is 31.2. The third-order valence-corrected chi connectivity index (χ3v) is 3.23. The molecule has 0 aliphatic carbocycles. The van der Waals surface area contributed by atoms with Crippen LogP contribution < -0.4 is 0 Å². The van der Waals surface area contributed by atoms with E-state index in [1.165, 1.54) is 25.9 Å². The molecule has 1 aliphatic heterocycles. The molecule has 0 radical (unpaired) electrons. The first-order chi connectivity index (χ1) is 5.94. The molecule has 1 fully saturated rings. The van der Waals surface area contributed by atoms with Crippen LogP contribution in [-0.4, -0.2) is 24.0 Å². The second-order valence-corrected chi connectivity index (χ2v) is 5.73. The van der Waals surface area contributed by atoms with Crippen LogP contribution in [0.25, 0.3) is 0 Å². The topological polar surface area (TPSA) is 3.24 Å². The van der Waals surface area contributed by atoms with Gasteiger partial charge in [-0.15, -0.1) is 0 Å². The molecular formula is C12H25N. The molecule has 0 aromatic carbocycles. The molecule has 1 rings (SSSR count). The molecule has 78 valence electrons. The fraction of sp³-hybridized carbons (Fsp3) is 1.00. The highest BCUT2D eigenvalue weighted by Gasteiger charge is 2.32. The van der Waals surface area contributed by atoms with Gasteiger partial charge in [0.25, 0.3) is 0 Å². The molecule has 2 atom stereocenters. The van der Waals surface area contributed by atoms with Crippen molar-refractivity contribution in [2.75, 3.05) is 13.1 Å². The van der Waals surface area contributed by atoms with E-state index in [9.17, 15) is 0 Å². The Bertz CT molecular complexity index is 157. The van der Waals surface area contributed by atoms with E-state index in [1.807, 2.05) is 0 Å². The van der Waals surface area contributed by atoms with E-state index in [2.05, 4.69) is 39.5 Å². The molecule has 0 amide bonds. The van der Waals surface area contributed by atoms with E-state index in [1.54, 1.807) is 0 Å². The van der Waals surface area contributed by atoms with E-state index in [-0.39, 0.29) is 0 Å². The largest absolute Gasteiger partial charge is 0.300 e. The zero-order chi connectivity index (χ0) is 10.1. The Morgan fingerprint density at radius 3 is 2.38 bits per heavy atom. The van der Waals surface area contributed by atoms with Crippen molar-refractivity contribution in [3.8, 4) is 0 Å². The lowest BCUT2D eigenvalue weighted by molar-refractivity contribution is 0.176. The molecule has 0 bridgehead atoms. The highest BCUT2D eigenvalue weighted by atomic mass is 15.2. The maximum absolute atomic E-state index is 2.65. The van der Waals surface area contributed by atoms with Crippen LogP contribution in [-0.2, 0) is 0 Å². The third-order valence-electron chi connectivity index (χ3n) is 3.23. The summed E-state index contributed by atoms with van der Waals surface area (Å²) in [6.07, 6.45) is 2.75. The second kappa shape index (κ2) is 4.00. The van der Waals surface area contributed by atoms with Gasteiger partial charge in [0.15, 0.2) is 0 Å². The standard InChI is InChI=1S/C12H25N/c1-6-13-8-7-10(2)11(13)9-12(3,4)5/h10-11H,6-9H2,1-5H3/t10-,11+/m0/s1. The number of rotatable bonds is 2. The quantitative estimate of drug-likeness (QED) is 0.635. The molecule has 0 aromatic rings. The minimum Gasteiger partial charge on any atom is -0.300 e. The fourth-order valence-electron chi connectivity index (χ4n) is 2.44. The average molecular weight is 183 g/mol. The number of hydrogen-bond donors (Lipinski definition) is 0. The van der Waals surface area contributed by atoms with Gasteiger partial charge < -0.3 is 4.90 Å². The summed E-state index contributed by atoms with van der Waals surface area (Å²) >= 11 is 0. The van der Waals surface area contributed by atoms with Gasteiger partial charge in [0.1, 0.15) is 0 Å². The molecule has 0 spiro atoms. The van der Waals surface area contributed by atoms with Gasteiger partial charge in [0.05, 0.1) is 0 Å². The molecule has 1 heteroatoms. The van der Waals surface area contributed by atoms with Gasteiger partial charge in [-0.2, -0.15) is 0 Å². The Morgan fingerprint density at radius 1 is 1.31 bits per heavy atom. The molecule has 0 saturated carbocycles. The van der Waals surface area contributed by atoms with Crippen molar-refractivity contribution in [1.29, 1.82) is 0 Å². The monoisotopic (exact) mass is 183 g/mol. The van der Waals surface area contributed by atoms with Gasteiger partial charge in [0.2, 0.25) is 0 Å². The smallest absolute Gasteiger partial charge is 0.0126 e. The van der Waals surface area contributed by atoms with Crippen LogP contribution in [0.2, 0.25) is 0 Å². The minimum atomic E-state index is 0.483. The van der Waals surface area contributed by atoms with Gasteiger partial charge in [-0.25, -0.2) is 0 Å². The van der Waals surface area contributed by atoms with Gasteiger partial charge >= 0.3 is 0 Å². The molecule has 1 nitrogen and oxygen atoms in total. The van der Waals surface area contributed by atoms with Crippen molar-refractivity contribution in [2.45, 2.75) is 53.5 Å². The maximum atomic E-state index is 2.65.